The van der Waals surface area contributed by atoms with Gasteiger partial charge in [0.1, 0.15) is 10.6 Å². The lowest BCUT2D eigenvalue weighted by Gasteiger charge is -2.17. The van der Waals surface area contributed by atoms with Gasteiger partial charge in [-0.15, -0.1) is 0 Å². The lowest BCUT2D eigenvalue weighted by atomic mass is 10.1. The Hall–Kier alpha value is -1.90. The predicted octanol–water partition coefficient (Wildman–Crippen LogP) is 3.20. The fourth-order valence-electron chi connectivity index (χ4n) is 2.33. The summed E-state index contributed by atoms with van der Waals surface area (Å²) in [4.78, 5) is 12.5. The first-order valence-corrected chi connectivity index (χ1v) is 10.1. The summed E-state index contributed by atoms with van der Waals surface area (Å²) in [5, 5.41) is 2.87. The van der Waals surface area contributed by atoms with Crippen molar-refractivity contribution in [2.75, 3.05) is 21.2 Å². The molecule has 26 heavy (non-hydrogen) atoms. The largest absolute Gasteiger partial charge is 0.495 e. The van der Waals surface area contributed by atoms with Gasteiger partial charge in [-0.1, -0.05) is 28.1 Å². The maximum absolute atomic E-state index is 12.6. The monoisotopic (exact) mass is 440 g/mol. The normalized spacial score (nSPS) is 12.7. The Bertz CT molecular complexity index is 896. The lowest BCUT2D eigenvalue weighted by molar-refractivity contribution is 0.0939. The van der Waals surface area contributed by atoms with Gasteiger partial charge in [0.2, 0.25) is 10.0 Å². The van der Waals surface area contributed by atoms with Gasteiger partial charge >= 0.3 is 0 Å². The Morgan fingerprint density at radius 3 is 2.31 bits per heavy atom. The first-order chi connectivity index (χ1) is 12.2. The Balaban J connectivity index is 2.30. The van der Waals surface area contributed by atoms with Crippen molar-refractivity contribution < 1.29 is 17.9 Å². The average Bonchev–Trinajstić information content (AvgIpc) is 2.61. The molecule has 0 bridgehead atoms. The van der Waals surface area contributed by atoms with Gasteiger partial charge in [0, 0.05) is 24.1 Å². The first-order valence-electron chi connectivity index (χ1n) is 7.83. The molecule has 1 amide bonds. The van der Waals surface area contributed by atoms with Crippen molar-refractivity contribution in [3.63, 3.8) is 0 Å². The summed E-state index contributed by atoms with van der Waals surface area (Å²) in [7, 11) is 0.506. The highest BCUT2D eigenvalue weighted by Gasteiger charge is 2.24. The van der Waals surface area contributed by atoms with Crippen molar-refractivity contribution >= 4 is 31.9 Å². The molecule has 6 nitrogen and oxygen atoms in total. The molecular formula is C18H21BrN2O4S. The van der Waals surface area contributed by atoms with Gasteiger partial charge in [-0.3, -0.25) is 4.79 Å². The molecule has 0 aliphatic rings. The van der Waals surface area contributed by atoms with E-state index in [1.54, 1.807) is 0 Å². The van der Waals surface area contributed by atoms with Crippen molar-refractivity contribution in [1.82, 2.24) is 9.62 Å². The summed E-state index contributed by atoms with van der Waals surface area (Å²) < 4.78 is 32.1. The summed E-state index contributed by atoms with van der Waals surface area (Å²) >= 11 is 3.37. The average molecular weight is 441 g/mol. The lowest BCUT2D eigenvalue weighted by Crippen LogP contribution is -2.27. The Kier molecular flexibility index (Phi) is 6.44. The van der Waals surface area contributed by atoms with Crippen LogP contribution in [0.1, 0.15) is 28.9 Å². The third-order valence-electron chi connectivity index (χ3n) is 3.90. The molecule has 0 unspecified atom stereocenters. The molecule has 0 radical (unpaired) electrons. The van der Waals surface area contributed by atoms with Gasteiger partial charge in [0.15, 0.2) is 0 Å². The highest BCUT2D eigenvalue weighted by molar-refractivity contribution is 9.10. The molecule has 8 heteroatoms. The topological polar surface area (TPSA) is 75.7 Å². The number of nitrogens with one attached hydrogen (secondary N) is 1. The van der Waals surface area contributed by atoms with Crippen molar-refractivity contribution in [3.05, 3.63) is 58.1 Å². The number of ether oxygens (including phenoxy) is 1. The predicted molar refractivity (Wildman–Crippen MR) is 104 cm³/mol. The minimum Gasteiger partial charge on any atom is -0.495 e. The molecule has 1 N–H and O–H groups in total. The third kappa shape index (κ3) is 4.44. The Morgan fingerprint density at radius 2 is 1.77 bits per heavy atom. The molecule has 2 rings (SSSR count). The SMILES string of the molecule is COc1ccc(C(=O)N[C@H](C)c2ccc(Br)cc2)cc1S(=O)(=O)N(C)C. The first kappa shape index (κ1) is 20.4. The molecule has 0 saturated heterocycles. The van der Waals surface area contributed by atoms with Crippen LogP contribution in [0.5, 0.6) is 5.75 Å². The molecule has 0 aliphatic heterocycles. The number of methoxy groups -OCH3 is 1. The van der Waals surface area contributed by atoms with E-state index in [4.69, 9.17) is 4.74 Å². The van der Waals surface area contributed by atoms with E-state index in [2.05, 4.69) is 21.2 Å². The zero-order chi connectivity index (χ0) is 19.5. The molecule has 0 aliphatic carbocycles. The summed E-state index contributed by atoms with van der Waals surface area (Å²) in [5.41, 5.74) is 1.19. The summed E-state index contributed by atoms with van der Waals surface area (Å²) in [6.07, 6.45) is 0. The van der Waals surface area contributed by atoms with Gasteiger partial charge in [0.05, 0.1) is 13.2 Å². The van der Waals surface area contributed by atoms with Crippen molar-refractivity contribution in [3.8, 4) is 5.75 Å². The molecule has 0 fully saturated rings. The van der Waals surface area contributed by atoms with E-state index in [0.29, 0.717) is 0 Å². The number of rotatable bonds is 6. The molecule has 140 valence electrons. The fourth-order valence-corrected chi connectivity index (χ4v) is 3.67. The number of amides is 1. The second kappa shape index (κ2) is 8.20. The van der Waals surface area contributed by atoms with Crippen LogP contribution in [-0.4, -0.2) is 39.8 Å². The number of carbonyl (C=O) groups excluding carboxylic acids is 1. The molecule has 0 heterocycles. The van der Waals surface area contributed by atoms with Crippen LogP contribution in [0.4, 0.5) is 0 Å². The van der Waals surface area contributed by atoms with Gasteiger partial charge < -0.3 is 10.1 Å². The minimum absolute atomic E-state index is 0.0473. The number of sulfonamides is 1. The van der Waals surface area contributed by atoms with Crippen LogP contribution in [0.15, 0.2) is 51.8 Å². The van der Waals surface area contributed by atoms with Gasteiger partial charge in [0.25, 0.3) is 5.91 Å². The van der Waals surface area contributed by atoms with Crippen molar-refractivity contribution in [2.45, 2.75) is 17.9 Å². The highest BCUT2D eigenvalue weighted by Crippen LogP contribution is 2.27. The quantitative estimate of drug-likeness (QED) is 0.747. The second-order valence-corrected chi connectivity index (χ2v) is 8.94. The molecule has 2 aromatic carbocycles. The molecular weight excluding hydrogens is 420 g/mol. The maximum atomic E-state index is 12.6. The summed E-state index contributed by atoms with van der Waals surface area (Å²) in [6.45, 7) is 1.86. The van der Waals surface area contributed by atoms with E-state index in [-0.39, 0.29) is 28.2 Å². The van der Waals surface area contributed by atoms with E-state index in [0.717, 1.165) is 14.3 Å². The van der Waals surface area contributed by atoms with Crippen LogP contribution >= 0.6 is 15.9 Å². The molecule has 0 spiro atoms. The number of benzene rings is 2. The number of hydrogen-bond acceptors (Lipinski definition) is 4. The smallest absolute Gasteiger partial charge is 0.251 e. The van der Waals surface area contributed by atoms with Crippen molar-refractivity contribution in [1.29, 1.82) is 0 Å². The van der Waals surface area contributed by atoms with Gasteiger partial charge in [-0.2, -0.15) is 0 Å². The van der Waals surface area contributed by atoms with E-state index >= 15 is 0 Å². The highest BCUT2D eigenvalue weighted by atomic mass is 79.9. The van der Waals surface area contributed by atoms with Gasteiger partial charge in [-0.25, -0.2) is 12.7 Å². The van der Waals surface area contributed by atoms with Crippen LogP contribution in [0.3, 0.4) is 0 Å². The Labute approximate surface area is 162 Å². The summed E-state index contributed by atoms with van der Waals surface area (Å²) in [5.74, 6) is -0.172. The van der Waals surface area contributed by atoms with Crippen LogP contribution in [0, 0.1) is 0 Å². The molecule has 1 atom stereocenters. The van der Waals surface area contributed by atoms with Crippen molar-refractivity contribution in [2.24, 2.45) is 0 Å². The molecule has 2 aromatic rings. The number of carbonyl (C=O) groups is 1. The van der Waals surface area contributed by atoms with E-state index in [1.165, 1.54) is 39.4 Å². The standard InChI is InChI=1S/C18H21BrN2O4S/c1-12(13-5-8-15(19)9-6-13)20-18(22)14-7-10-16(25-4)17(11-14)26(23,24)21(2)3/h5-12H,1-4H3,(H,20,22)/t12-/m1/s1. The van der Waals surface area contributed by atoms with Crippen LogP contribution in [0.2, 0.25) is 0 Å². The zero-order valence-corrected chi connectivity index (χ0v) is 17.4. The minimum atomic E-state index is -3.74. The van der Waals surface area contributed by atoms with Gasteiger partial charge in [-0.05, 0) is 42.8 Å². The van der Waals surface area contributed by atoms with Crippen LogP contribution in [-0.2, 0) is 10.0 Å². The maximum Gasteiger partial charge on any atom is 0.251 e. The van der Waals surface area contributed by atoms with Crippen LogP contribution in [0.25, 0.3) is 0 Å². The van der Waals surface area contributed by atoms with E-state index in [1.807, 2.05) is 31.2 Å². The summed E-state index contributed by atoms with van der Waals surface area (Å²) in [6, 6.07) is 11.7. The Morgan fingerprint density at radius 1 is 1.15 bits per heavy atom. The number of halogens is 1. The third-order valence-corrected chi connectivity index (χ3v) is 6.27. The molecule has 0 aromatic heterocycles. The molecule has 0 saturated carbocycles. The number of nitrogens with zero attached hydrogens (tertiary/aromatic N) is 1. The zero-order valence-electron chi connectivity index (χ0n) is 15.0. The second-order valence-electron chi connectivity index (χ2n) is 5.90. The van der Waals surface area contributed by atoms with Crippen LogP contribution < -0.4 is 10.1 Å². The van der Waals surface area contributed by atoms with E-state index < -0.39 is 10.0 Å². The fraction of sp³-hybridized carbons (Fsp3) is 0.278. The van der Waals surface area contributed by atoms with E-state index in [9.17, 15) is 13.2 Å². The number of hydrogen-bond donors (Lipinski definition) is 1.